The molecule has 1 aliphatic rings. The summed E-state index contributed by atoms with van der Waals surface area (Å²) >= 11 is 0. The number of amides is 1. The number of ketones is 1. The minimum Gasteiger partial charge on any atom is -0.444 e. The Kier molecular flexibility index (Phi) is 3.13. The van der Waals surface area contributed by atoms with Crippen molar-refractivity contribution in [3.05, 3.63) is 0 Å². The number of rotatable bonds is 1. The van der Waals surface area contributed by atoms with Gasteiger partial charge in [0.25, 0.3) is 0 Å². The van der Waals surface area contributed by atoms with Crippen LogP contribution in [0.2, 0.25) is 0 Å². The Morgan fingerprint density at radius 3 is 2.57 bits per heavy atom. The summed E-state index contributed by atoms with van der Waals surface area (Å²) in [4.78, 5) is 22.5. The van der Waals surface area contributed by atoms with Crippen molar-refractivity contribution in [2.75, 3.05) is 0 Å². The summed E-state index contributed by atoms with van der Waals surface area (Å²) in [7, 11) is 0. The summed E-state index contributed by atoms with van der Waals surface area (Å²) in [5, 5.41) is 2.57. The topological polar surface area (TPSA) is 55.4 Å². The molecule has 0 unspecified atom stereocenters. The van der Waals surface area contributed by atoms with E-state index in [0.29, 0.717) is 6.42 Å². The number of Topliss-reactive ketones (excluding diaryl/α,β-unsaturated/α-hetero) is 1. The normalized spacial score (nSPS) is 22.2. The van der Waals surface area contributed by atoms with Crippen LogP contribution in [0.15, 0.2) is 0 Å². The monoisotopic (exact) mass is 199 g/mol. The third kappa shape index (κ3) is 3.36. The maximum Gasteiger partial charge on any atom is 0.408 e. The van der Waals surface area contributed by atoms with Crippen LogP contribution in [-0.4, -0.2) is 23.5 Å². The molecule has 0 aliphatic heterocycles. The number of hydrogen-bond acceptors (Lipinski definition) is 3. The quantitative estimate of drug-likeness (QED) is 0.698. The maximum absolute atomic E-state index is 11.3. The molecule has 4 nitrogen and oxygen atoms in total. The lowest BCUT2D eigenvalue weighted by Crippen LogP contribution is -2.41. The standard InChI is InChI=1S/C10H17NO3/c1-10(2,3)14-9(13)11-7-5-4-6-8(7)12/h7H,4-6H2,1-3H3,(H,11,13)/t7-/m0/s1. The zero-order chi connectivity index (χ0) is 10.8. The number of carbonyl (C=O) groups excluding carboxylic acids is 2. The molecular weight excluding hydrogens is 182 g/mol. The third-order valence-electron chi connectivity index (χ3n) is 2.00. The molecule has 1 saturated carbocycles. The van der Waals surface area contributed by atoms with Gasteiger partial charge in [-0.2, -0.15) is 0 Å². The highest BCUT2D eigenvalue weighted by Gasteiger charge is 2.27. The molecule has 0 spiro atoms. The Bertz CT molecular complexity index is 242. The zero-order valence-electron chi connectivity index (χ0n) is 8.92. The minimum atomic E-state index is -0.508. The van der Waals surface area contributed by atoms with Crippen LogP contribution < -0.4 is 5.32 Å². The molecule has 0 radical (unpaired) electrons. The van der Waals surface area contributed by atoms with E-state index >= 15 is 0 Å². The molecule has 4 heteroatoms. The third-order valence-corrected chi connectivity index (χ3v) is 2.00. The highest BCUT2D eigenvalue weighted by atomic mass is 16.6. The number of carbonyl (C=O) groups is 2. The molecule has 1 aliphatic carbocycles. The minimum absolute atomic E-state index is 0.107. The summed E-state index contributed by atoms with van der Waals surface area (Å²) in [5.74, 6) is 0.107. The number of alkyl carbamates (subject to hydrolysis) is 1. The maximum atomic E-state index is 11.3. The van der Waals surface area contributed by atoms with Crippen molar-refractivity contribution in [1.29, 1.82) is 0 Å². The molecule has 0 aromatic carbocycles. The van der Waals surface area contributed by atoms with Crippen LogP contribution in [0.25, 0.3) is 0 Å². The van der Waals surface area contributed by atoms with Gasteiger partial charge in [-0.25, -0.2) is 4.79 Å². The average molecular weight is 199 g/mol. The predicted molar refractivity (Wildman–Crippen MR) is 52.0 cm³/mol. The van der Waals surface area contributed by atoms with E-state index in [0.717, 1.165) is 12.8 Å². The van der Waals surface area contributed by atoms with Gasteiger partial charge in [-0.3, -0.25) is 4.79 Å². The van der Waals surface area contributed by atoms with E-state index in [1.807, 2.05) is 0 Å². The van der Waals surface area contributed by atoms with Crippen molar-refractivity contribution < 1.29 is 14.3 Å². The molecule has 0 saturated heterocycles. The second-order valence-corrected chi connectivity index (χ2v) is 4.56. The van der Waals surface area contributed by atoms with Crippen LogP contribution >= 0.6 is 0 Å². The summed E-state index contributed by atoms with van der Waals surface area (Å²) in [6, 6.07) is -0.329. The van der Waals surface area contributed by atoms with E-state index < -0.39 is 11.7 Å². The molecule has 80 valence electrons. The first-order valence-electron chi connectivity index (χ1n) is 4.91. The molecule has 1 rings (SSSR count). The molecule has 1 fully saturated rings. The second-order valence-electron chi connectivity index (χ2n) is 4.56. The first kappa shape index (κ1) is 11.0. The van der Waals surface area contributed by atoms with Crippen LogP contribution in [-0.2, 0) is 9.53 Å². The van der Waals surface area contributed by atoms with Gasteiger partial charge in [0, 0.05) is 6.42 Å². The van der Waals surface area contributed by atoms with Gasteiger partial charge in [-0.1, -0.05) is 0 Å². The lowest BCUT2D eigenvalue weighted by Gasteiger charge is -2.21. The predicted octanol–water partition coefficient (Wildman–Crippen LogP) is 1.63. The van der Waals surface area contributed by atoms with Crippen molar-refractivity contribution in [2.45, 2.75) is 51.7 Å². The number of ether oxygens (including phenoxy) is 1. The van der Waals surface area contributed by atoms with Gasteiger partial charge >= 0.3 is 6.09 Å². The average Bonchev–Trinajstić information content (AvgIpc) is 2.32. The van der Waals surface area contributed by atoms with Gasteiger partial charge in [0.15, 0.2) is 5.78 Å². The highest BCUT2D eigenvalue weighted by molar-refractivity contribution is 5.89. The fraction of sp³-hybridized carbons (Fsp3) is 0.800. The van der Waals surface area contributed by atoms with E-state index in [2.05, 4.69) is 5.32 Å². The van der Waals surface area contributed by atoms with Crippen LogP contribution in [0.5, 0.6) is 0 Å². The first-order valence-corrected chi connectivity index (χ1v) is 4.91. The Labute approximate surface area is 84.0 Å². The molecule has 1 amide bonds. The fourth-order valence-electron chi connectivity index (χ4n) is 1.42. The lowest BCUT2D eigenvalue weighted by molar-refractivity contribution is -0.119. The van der Waals surface area contributed by atoms with Crippen LogP contribution in [0.1, 0.15) is 40.0 Å². The zero-order valence-corrected chi connectivity index (χ0v) is 8.92. The number of hydrogen-bond donors (Lipinski definition) is 1. The highest BCUT2D eigenvalue weighted by Crippen LogP contribution is 2.15. The summed E-state index contributed by atoms with van der Waals surface area (Å²) in [6.07, 6.45) is 1.66. The summed E-state index contributed by atoms with van der Waals surface area (Å²) in [6.45, 7) is 5.38. The molecule has 0 heterocycles. The molecular formula is C10H17NO3. The van der Waals surface area contributed by atoms with Crippen molar-refractivity contribution >= 4 is 11.9 Å². The van der Waals surface area contributed by atoms with Crippen LogP contribution in [0.4, 0.5) is 4.79 Å². The van der Waals surface area contributed by atoms with Gasteiger partial charge in [0.1, 0.15) is 5.60 Å². The van der Waals surface area contributed by atoms with Crippen molar-refractivity contribution in [3.8, 4) is 0 Å². The van der Waals surface area contributed by atoms with Gasteiger partial charge in [0.05, 0.1) is 6.04 Å². The first-order chi connectivity index (χ1) is 6.38. The molecule has 0 aromatic heterocycles. The lowest BCUT2D eigenvalue weighted by atomic mass is 10.2. The SMILES string of the molecule is CC(C)(C)OC(=O)N[C@H]1CCCC1=O. The van der Waals surface area contributed by atoms with Crippen molar-refractivity contribution in [1.82, 2.24) is 5.32 Å². The van der Waals surface area contributed by atoms with Crippen molar-refractivity contribution in [2.24, 2.45) is 0 Å². The van der Waals surface area contributed by atoms with Gasteiger partial charge < -0.3 is 10.1 Å². The Balaban J connectivity index is 2.37. The largest absolute Gasteiger partial charge is 0.444 e. The smallest absolute Gasteiger partial charge is 0.408 e. The fourth-order valence-corrected chi connectivity index (χ4v) is 1.42. The molecule has 1 atom stereocenters. The number of nitrogens with one attached hydrogen (secondary N) is 1. The van der Waals surface area contributed by atoms with Gasteiger partial charge in [-0.05, 0) is 33.6 Å². The van der Waals surface area contributed by atoms with E-state index in [4.69, 9.17) is 4.74 Å². The van der Waals surface area contributed by atoms with Gasteiger partial charge in [0.2, 0.25) is 0 Å². The molecule has 0 bridgehead atoms. The molecule has 0 aromatic rings. The van der Waals surface area contributed by atoms with E-state index in [9.17, 15) is 9.59 Å². The van der Waals surface area contributed by atoms with E-state index in [-0.39, 0.29) is 11.8 Å². The summed E-state index contributed by atoms with van der Waals surface area (Å²) < 4.78 is 5.05. The van der Waals surface area contributed by atoms with Gasteiger partial charge in [-0.15, -0.1) is 0 Å². The Morgan fingerprint density at radius 2 is 2.14 bits per heavy atom. The Morgan fingerprint density at radius 1 is 1.50 bits per heavy atom. The second kappa shape index (κ2) is 3.98. The van der Waals surface area contributed by atoms with E-state index in [1.165, 1.54) is 0 Å². The molecule has 1 N–H and O–H groups in total. The van der Waals surface area contributed by atoms with Crippen molar-refractivity contribution in [3.63, 3.8) is 0 Å². The van der Waals surface area contributed by atoms with Crippen LogP contribution in [0, 0.1) is 0 Å². The van der Waals surface area contributed by atoms with E-state index in [1.54, 1.807) is 20.8 Å². The Hall–Kier alpha value is -1.06. The molecule has 14 heavy (non-hydrogen) atoms. The summed E-state index contributed by atoms with van der Waals surface area (Å²) in [5.41, 5.74) is -0.508. The van der Waals surface area contributed by atoms with Crippen LogP contribution in [0.3, 0.4) is 0 Å².